The molecule has 35 heavy (non-hydrogen) atoms. The maximum Gasteiger partial charge on any atom is 0.251 e. The highest BCUT2D eigenvalue weighted by Gasteiger charge is 2.23. The zero-order chi connectivity index (χ0) is 24.8. The van der Waals surface area contributed by atoms with Crippen molar-refractivity contribution in [1.82, 2.24) is 14.9 Å². The summed E-state index contributed by atoms with van der Waals surface area (Å²) in [7, 11) is 0. The van der Waals surface area contributed by atoms with Gasteiger partial charge in [0, 0.05) is 11.3 Å². The molecule has 0 bridgehead atoms. The molecule has 180 valence electrons. The first-order chi connectivity index (χ1) is 17.0. The third kappa shape index (κ3) is 5.77. The molecular formula is C29H32N4O2. The number of carbonyl (C=O) groups excluding carboxylic acids is 2. The number of imidazole rings is 1. The van der Waals surface area contributed by atoms with E-state index in [2.05, 4.69) is 31.4 Å². The Morgan fingerprint density at radius 1 is 0.914 bits per heavy atom. The van der Waals surface area contributed by atoms with E-state index in [4.69, 9.17) is 4.98 Å². The quantitative estimate of drug-likeness (QED) is 0.313. The fourth-order valence-electron chi connectivity index (χ4n) is 4.21. The first kappa shape index (κ1) is 24.2. The Kier molecular flexibility index (Phi) is 7.60. The van der Waals surface area contributed by atoms with Gasteiger partial charge >= 0.3 is 0 Å². The van der Waals surface area contributed by atoms with Crippen LogP contribution in [0.1, 0.15) is 67.3 Å². The summed E-state index contributed by atoms with van der Waals surface area (Å²) in [4.78, 5) is 30.9. The molecular weight excluding hydrogens is 436 g/mol. The SMILES string of the molecule is CCCC(NC(=O)c1ccccc1)c1nc2ccccc2n1CC(=O)Nc1ccc(C(C)C)cc1. The van der Waals surface area contributed by atoms with E-state index >= 15 is 0 Å². The summed E-state index contributed by atoms with van der Waals surface area (Å²) >= 11 is 0. The second-order valence-corrected chi connectivity index (χ2v) is 9.05. The molecule has 1 atom stereocenters. The molecule has 2 amide bonds. The molecule has 0 spiro atoms. The molecule has 1 heterocycles. The molecule has 0 aliphatic carbocycles. The summed E-state index contributed by atoms with van der Waals surface area (Å²) in [5, 5.41) is 6.14. The highest BCUT2D eigenvalue weighted by Crippen LogP contribution is 2.25. The lowest BCUT2D eigenvalue weighted by molar-refractivity contribution is -0.116. The lowest BCUT2D eigenvalue weighted by atomic mass is 10.0. The molecule has 0 saturated carbocycles. The van der Waals surface area contributed by atoms with E-state index in [9.17, 15) is 9.59 Å². The number of aromatic nitrogens is 2. The molecule has 4 aromatic rings. The third-order valence-electron chi connectivity index (χ3n) is 6.08. The Morgan fingerprint density at radius 3 is 2.29 bits per heavy atom. The van der Waals surface area contributed by atoms with E-state index in [1.165, 1.54) is 5.56 Å². The van der Waals surface area contributed by atoms with Gasteiger partial charge in [-0.3, -0.25) is 9.59 Å². The first-order valence-electron chi connectivity index (χ1n) is 12.2. The van der Waals surface area contributed by atoms with Crippen molar-refractivity contribution in [3.8, 4) is 0 Å². The van der Waals surface area contributed by atoms with Gasteiger partial charge in [0.1, 0.15) is 12.4 Å². The number of hydrogen-bond donors (Lipinski definition) is 2. The summed E-state index contributed by atoms with van der Waals surface area (Å²) in [6, 6.07) is 24.5. The van der Waals surface area contributed by atoms with Gasteiger partial charge in [-0.05, 0) is 54.3 Å². The van der Waals surface area contributed by atoms with Crippen LogP contribution in [-0.4, -0.2) is 21.4 Å². The highest BCUT2D eigenvalue weighted by molar-refractivity contribution is 5.94. The van der Waals surface area contributed by atoms with Crippen molar-refractivity contribution in [2.75, 3.05) is 5.32 Å². The number of benzene rings is 3. The van der Waals surface area contributed by atoms with E-state index in [1.807, 2.05) is 71.3 Å². The summed E-state index contributed by atoms with van der Waals surface area (Å²) in [6.07, 6.45) is 1.57. The van der Waals surface area contributed by atoms with Crippen molar-refractivity contribution < 1.29 is 9.59 Å². The van der Waals surface area contributed by atoms with Gasteiger partial charge in [0.25, 0.3) is 5.91 Å². The van der Waals surface area contributed by atoms with Crippen molar-refractivity contribution >= 4 is 28.5 Å². The predicted molar refractivity (Wildman–Crippen MR) is 140 cm³/mol. The molecule has 0 aliphatic rings. The molecule has 2 N–H and O–H groups in total. The standard InChI is InChI=1S/C29H32N4O2/c1-4-10-25(32-29(35)22-11-6-5-7-12-22)28-31-24-13-8-9-14-26(24)33(28)19-27(34)30-23-17-15-21(16-18-23)20(2)3/h5-9,11-18,20,25H,4,10,19H2,1-3H3,(H,30,34)(H,32,35). The zero-order valence-electron chi connectivity index (χ0n) is 20.5. The number of nitrogens with zero attached hydrogens (tertiary/aromatic N) is 2. The van der Waals surface area contributed by atoms with E-state index < -0.39 is 0 Å². The number of nitrogens with one attached hydrogen (secondary N) is 2. The van der Waals surface area contributed by atoms with Crippen LogP contribution in [0.25, 0.3) is 11.0 Å². The van der Waals surface area contributed by atoms with Gasteiger partial charge in [-0.1, -0.05) is 69.7 Å². The molecule has 3 aromatic carbocycles. The van der Waals surface area contributed by atoms with Crippen molar-refractivity contribution in [1.29, 1.82) is 0 Å². The van der Waals surface area contributed by atoms with Crippen LogP contribution in [0.15, 0.2) is 78.9 Å². The van der Waals surface area contributed by atoms with Crippen LogP contribution < -0.4 is 10.6 Å². The van der Waals surface area contributed by atoms with Crippen LogP contribution in [-0.2, 0) is 11.3 Å². The van der Waals surface area contributed by atoms with Crippen LogP contribution in [0.5, 0.6) is 0 Å². The Balaban J connectivity index is 1.61. The monoisotopic (exact) mass is 468 g/mol. The average molecular weight is 469 g/mol. The predicted octanol–water partition coefficient (Wildman–Crippen LogP) is 6.07. The number of anilines is 1. The van der Waals surface area contributed by atoms with Crippen LogP contribution >= 0.6 is 0 Å². The van der Waals surface area contributed by atoms with E-state index in [0.717, 1.165) is 23.1 Å². The number of para-hydroxylation sites is 2. The summed E-state index contributed by atoms with van der Waals surface area (Å²) < 4.78 is 1.92. The first-order valence-corrected chi connectivity index (χ1v) is 12.2. The number of amides is 2. The van der Waals surface area contributed by atoms with Gasteiger partial charge in [0.2, 0.25) is 5.91 Å². The molecule has 6 nitrogen and oxygen atoms in total. The van der Waals surface area contributed by atoms with Crippen LogP contribution in [0.3, 0.4) is 0 Å². The molecule has 1 unspecified atom stereocenters. The number of rotatable bonds is 9. The second-order valence-electron chi connectivity index (χ2n) is 9.05. The normalized spacial score (nSPS) is 12.0. The van der Waals surface area contributed by atoms with Crippen LogP contribution in [0.2, 0.25) is 0 Å². The topological polar surface area (TPSA) is 76.0 Å². The summed E-state index contributed by atoms with van der Waals surface area (Å²) in [5.41, 5.74) is 4.24. The Labute approximate surface area is 206 Å². The van der Waals surface area contributed by atoms with Crippen molar-refractivity contribution in [3.63, 3.8) is 0 Å². The maximum absolute atomic E-state index is 13.1. The molecule has 0 aliphatic heterocycles. The van der Waals surface area contributed by atoms with Gasteiger partial charge in [0.15, 0.2) is 0 Å². The number of hydrogen-bond acceptors (Lipinski definition) is 3. The molecule has 0 radical (unpaired) electrons. The Bertz CT molecular complexity index is 1290. The van der Waals surface area contributed by atoms with Gasteiger partial charge in [0.05, 0.1) is 17.1 Å². The summed E-state index contributed by atoms with van der Waals surface area (Å²) in [6.45, 7) is 6.45. The van der Waals surface area contributed by atoms with Gasteiger partial charge in [-0.15, -0.1) is 0 Å². The highest BCUT2D eigenvalue weighted by atomic mass is 16.2. The van der Waals surface area contributed by atoms with E-state index in [0.29, 0.717) is 23.7 Å². The lowest BCUT2D eigenvalue weighted by Gasteiger charge is -2.20. The van der Waals surface area contributed by atoms with Crippen molar-refractivity contribution in [2.24, 2.45) is 0 Å². The van der Waals surface area contributed by atoms with Crippen LogP contribution in [0, 0.1) is 0 Å². The van der Waals surface area contributed by atoms with E-state index in [1.54, 1.807) is 12.1 Å². The second kappa shape index (κ2) is 11.0. The molecule has 0 saturated heterocycles. The maximum atomic E-state index is 13.1. The number of fused-ring (bicyclic) bond motifs is 1. The van der Waals surface area contributed by atoms with E-state index in [-0.39, 0.29) is 24.4 Å². The third-order valence-corrected chi connectivity index (χ3v) is 6.08. The van der Waals surface area contributed by atoms with Crippen molar-refractivity contribution in [3.05, 3.63) is 95.8 Å². The largest absolute Gasteiger partial charge is 0.342 e. The van der Waals surface area contributed by atoms with Gasteiger partial charge in [-0.2, -0.15) is 0 Å². The lowest BCUT2D eigenvalue weighted by Crippen LogP contribution is -2.31. The van der Waals surface area contributed by atoms with Gasteiger partial charge in [-0.25, -0.2) is 4.98 Å². The Morgan fingerprint density at radius 2 is 1.60 bits per heavy atom. The molecule has 4 rings (SSSR count). The molecule has 6 heteroatoms. The molecule has 0 fully saturated rings. The number of carbonyl (C=O) groups is 2. The fourth-order valence-corrected chi connectivity index (χ4v) is 4.21. The minimum absolute atomic E-state index is 0.100. The summed E-state index contributed by atoms with van der Waals surface area (Å²) in [5.74, 6) is 0.817. The average Bonchev–Trinajstić information content (AvgIpc) is 3.22. The smallest absolute Gasteiger partial charge is 0.251 e. The van der Waals surface area contributed by atoms with Crippen LogP contribution in [0.4, 0.5) is 5.69 Å². The minimum atomic E-state index is -0.321. The van der Waals surface area contributed by atoms with Crippen molar-refractivity contribution in [2.45, 2.75) is 52.1 Å². The zero-order valence-corrected chi connectivity index (χ0v) is 20.5. The fraction of sp³-hybridized carbons (Fsp3) is 0.276. The molecule has 1 aromatic heterocycles. The minimum Gasteiger partial charge on any atom is -0.342 e. The Hall–Kier alpha value is -3.93. The van der Waals surface area contributed by atoms with Gasteiger partial charge < -0.3 is 15.2 Å².